The molecule has 0 aromatic heterocycles. The average Bonchev–Trinajstić information content (AvgIpc) is 3.11. The highest BCUT2D eigenvalue weighted by atomic mass is 16.5. The minimum atomic E-state index is 0.0582. The first-order valence-corrected chi connectivity index (χ1v) is 7.64. The number of fused-ring (bicyclic) bond motifs is 1. The van der Waals surface area contributed by atoms with E-state index < -0.39 is 0 Å². The summed E-state index contributed by atoms with van der Waals surface area (Å²) in [5.74, 6) is 0.191. The number of hydrogen-bond acceptors (Lipinski definition) is 4. The van der Waals surface area contributed by atoms with Crippen LogP contribution in [0, 0.1) is 0 Å². The second kappa shape index (κ2) is 6.26. The average molecular weight is 289 g/mol. The van der Waals surface area contributed by atoms with Crippen molar-refractivity contribution in [3.05, 3.63) is 34.9 Å². The molecule has 2 aliphatic rings. The Balaban J connectivity index is 1.64. The maximum Gasteiger partial charge on any atom is 0.176 e. The molecule has 1 heterocycles. The van der Waals surface area contributed by atoms with Crippen LogP contribution in [0.5, 0.6) is 0 Å². The normalized spacial score (nSPS) is 25.2. The van der Waals surface area contributed by atoms with Gasteiger partial charge in [0.25, 0.3) is 0 Å². The fraction of sp³-hybridized carbons (Fsp3) is 0.588. The number of ether oxygens (including phenoxy) is 2. The number of ketones is 1. The van der Waals surface area contributed by atoms with Gasteiger partial charge in [-0.2, -0.15) is 0 Å². The zero-order valence-electron chi connectivity index (χ0n) is 12.8. The summed E-state index contributed by atoms with van der Waals surface area (Å²) in [6, 6.07) is 6.18. The number of methoxy groups -OCH3 is 2. The topological polar surface area (TPSA) is 38.8 Å². The molecule has 1 saturated heterocycles. The highest BCUT2D eigenvalue weighted by Crippen LogP contribution is 2.23. The third-order valence-corrected chi connectivity index (χ3v) is 4.68. The number of likely N-dealkylation sites (tertiary alicyclic amines) is 1. The molecule has 114 valence electrons. The van der Waals surface area contributed by atoms with Crippen LogP contribution in [-0.4, -0.2) is 56.7 Å². The molecule has 0 N–H and O–H groups in total. The highest BCUT2D eigenvalue weighted by molar-refractivity contribution is 5.97. The molecule has 1 aliphatic carbocycles. The van der Waals surface area contributed by atoms with Gasteiger partial charge >= 0.3 is 0 Å². The van der Waals surface area contributed by atoms with E-state index >= 15 is 0 Å². The minimum Gasteiger partial charge on any atom is -0.377 e. The highest BCUT2D eigenvalue weighted by Gasteiger charge is 2.33. The minimum absolute atomic E-state index is 0.0582. The van der Waals surface area contributed by atoms with Crippen molar-refractivity contribution in [2.24, 2.45) is 0 Å². The summed E-state index contributed by atoms with van der Waals surface area (Å²) in [7, 11) is 3.39. The van der Waals surface area contributed by atoms with E-state index in [0.717, 1.165) is 31.5 Å². The summed E-state index contributed by atoms with van der Waals surface area (Å²) in [5, 5.41) is 0. The van der Waals surface area contributed by atoms with E-state index in [-0.39, 0.29) is 18.0 Å². The molecule has 4 nitrogen and oxygen atoms in total. The van der Waals surface area contributed by atoms with E-state index in [2.05, 4.69) is 17.0 Å². The van der Waals surface area contributed by atoms with E-state index in [9.17, 15) is 4.79 Å². The lowest BCUT2D eigenvalue weighted by molar-refractivity contribution is -0.00461. The van der Waals surface area contributed by atoms with Crippen molar-refractivity contribution < 1.29 is 14.3 Å². The number of carbonyl (C=O) groups is 1. The van der Waals surface area contributed by atoms with Gasteiger partial charge in [-0.1, -0.05) is 12.1 Å². The Bertz CT molecular complexity index is 517. The predicted octanol–water partition coefficient (Wildman–Crippen LogP) is 1.70. The molecule has 3 rings (SSSR count). The second-order valence-corrected chi connectivity index (χ2v) is 6.00. The van der Waals surface area contributed by atoms with Gasteiger partial charge in [0.05, 0.1) is 18.8 Å². The third kappa shape index (κ3) is 3.03. The van der Waals surface area contributed by atoms with Crippen LogP contribution >= 0.6 is 0 Å². The van der Waals surface area contributed by atoms with Crippen LogP contribution in [0.3, 0.4) is 0 Å². The molecule has 1 aromatic carbocycles. The fourth-order valence-electron chi connectivity index (χ4n) is 3.44. The third-order valence-electron chi connectivity index (χ3n) is 4.68. The first-order chi connectivity index (χ1) is 10.2. The van der Waals surface area contributed by atoms with E-state index in [1.54, 1.807) is 14.2 Å². The zero-order chi connectivity index (χ0) is 14.8. The molecule has 0 bridgehead atoms. The zero-order valence-corrected chi connectivity index (χ0v) is 12.8. The van der Waals surface area contributed by atoms with Gasteiger partial charge < -0.3 is 9.47 Å². The van der Waals surface area contributed by atoms with Crippen molar-refractivity contribution in [3.63, 3.8) is 0 Å². The van der Waals surface area contributed by atoms with Crippen LogP contribution in [0.25, 0.3) is 0 Å². The van der Waals surface area contributed by atoms with Crippen LogP contribution in [0.1, 0.15) is 27.9 Å². The van der Waals surface area contributed by atoms with Crippen LogP contribution in [0.2, 0.25) is 0 Å². The lowest BCUT2D eigenvalue weighted by Gasteiger charge is -2.14. The Morgan fingerprint density at radius 3 is 2.48 bits per heavy atom. The van der Waals surface area contributed by atoms with Crippen molar-refractivity contribution in [2.45, 2.75) is 31.5 Å². The molecular formula is C17H23NO3. The van der Waals surface area contributed by atoms with Gasteiger partial charge in [0.1, 0.15) is 0 Å². The lowest BCUT2D eigenvalue weighted by Crippen LogP contribution is -2.29. The molecule has 0 radical (unpaired) electrons. The Morgan fingerprint density at radius 2 is 1.81 bits per heavy atom. The van der Waals surface area contributed by atoms with Crippen molar-refractivity contribution in [1.82, 2.24) is 4.90 Å². The van der Waals surface area contributed by atoms with Crippen LogP contribution in [-0.2, 0) is 22.3 Å². The van der Waals surface area contributed by atoms with Gasteiger partial charge in [-0.05, 0) is 36.5 Å². The number of hydrogen-bond donors (Lipinski definition) is 0. The Hall–Kier alpha value is -1.23. The Morgan fingerprint density at radius 1 is 1.14 bits per heavy atom. The lowest BCUT2D eigenvalue weighted by atomic mass is 10.0. The molecule has 2 atom stereocenters. The van der Waals surface area contributed by atoms with E-state index in [4.69, 9.17) is 9.47 Å². The summed E-state index contributed by atoms with van der Waals surface area (Å²) in [6.45, 7) is 1.95. The maximum atomic E-state index is 12.5. The summed E-state index contributed by atoms with van der Waals surface area (Å²) >= 11 is 0. The van der Waals surface area contributed by atoms with Gasteiger partial charge in [0.2, 0.25) is 0 Å². The van der Waals surface area contributed by atoms with Crippen LogP contribution in [0.15, 0.2) is 18.2 Å². The number of carbonyl (C=O) groups excluding carboxylic acids is 1. The largest absolute Gasteiger partial charge is 0.377 e. The Kier molecular flexibility index (Phi) is 4.38. The first kappa shape index (κ1) is 14.7. The molecule has 1 fully saturated rings. The number of benzene rings is 1. The number of Topliss-reactive ketones (excluding diaryl/α,β-unsaturated/α-hetero) is 1. The number of nitrogens with zero attached hydrogens (tertiary/aromatic N) is 1. The van der Waals surface area contributed by atoms with Crippen molar-refractivity contribution in [3.8, 4) is 0 Å². The molecule has 0 spiro atoms. The van der Waals surface area contributed by atoms with E-state index in [1.807, 2.05) is 6.07 Å². The summed E-state index contributed by atoms with van der Waals surface area (Å²) in [5.41, 5.74) is 3.60. The molecule has 0 amide bonds. The summed E-state index contributed by atoms with van der Waals surface area (Å²) in [4.78, 5) is 14.6. The molecule has 1 aliphatic heterocycles. The van der Waals surface area contributed by atoms with Crippen molar-refractivity contribution in [2.75, 3.05) is 33.9 Å². The fourth-order valence-corrected chi connectivity index (χ4v) is 3.44. The number of aryl methyl sites for hydroxylation is 2. The molecule has 4 heteroatoms. The summed E-state index contributed by atoms with van der Waals surface area (Å²) < 4.78 is 10.8. The molecule has 2 unspecified atom stereocenters. The van der Waals surface area contributed by atoms with Crippen LogP contribution < -0.4 is 0 Å². The second-order valence-electron chi connectivity index (χ2n) is 6.00. The quantitative estimate of drug-likeness (QED) is 0.774. The molecule has 1 aromatic rings. The molecular weight excluding hydrogens is 266 g/mol. The summed E-state index contributed by atoms with van der Waals surface area (Å²) in [6.07, 6.45) is 3.59. The first-order valence-electron chi connectivity index (χ1n) is 7.64. The van der Waals surface area contributed by atoms with Gasteiger partial charge in [0, 0.05) is 32.9 Å². The monoisotopic (exact) mass is 289 g/mol. The Labute approximate surface area is 126 Å². The van der Waals surface area contributed by atoms with E-state index in [1.165, 1.54) is 17.5 Å². The standard InChI is InChI=1S/C17H23NO3/c1-20-16-10-18(11-17(16)21-2)9-15(19)14-7-6-12-4-3-5-13(12)8-14/h6-8,16-17H,3-5,9-11H2,1-2H3. The van der Waals surface area contributed by atoms with Crippen LogP contribution in [0.4, 0.5) is 0 Å². The number of rotatable bonds is 5. The smallest absolute Gasteiger partial charge is 0.176 e. The van der Waals surface area contributed by atoms with Gasteiger partial charge in [-0.3, -0.25) is 9.69 Å². The van der Waals surface area contributed by atoms with Gasteiger partial charge in [-0.25, -0.2) is 0 Å². The maximum absolute atomic E-state index is 12.5. The van der Waals surface area contributed by atoms with Gasteiger partial charge in [0.15, 0.2) is 5.78 Å². The predicted molar refractivity (Wildman–Crippen MR) is 80.8 cm³/mol. The molecule has 0 saturated carbocycles. The van der Waals surface area contributed by atoms with Gasteiger partial charge in [-0.15, -0.1) is 0 Å². The van der Waals surface area contributed by atoms with E-state index in [0.29, 0.717) is 6.54 Å². The van der Waals surface area contributed by atoms with Crippen molar-refractivity contribution >= 4 is 5.78 Å². The molecule has 21 heavy (non-hydrogen) atoms. The SMILES string of the molecule is COC1CN(CC(=O)c2ccc3c(c2)CCC3)CC1OC. The van der Waals surface area contributed by atoms with Crippen molar-refractivity contribution in [1.29, 1.82) is 0 Å².